The highest BCUT2D eigenvalue weighted by Gasteiger charge is 2.32. The average molecular weight is 308 g/mol. The summed E-state index contributed by atoms with van der Waals surface area (Å²) in [4.78, 5) is 3.97. The zero-order valence-corrected chi connectivity index (χ0v) is 13.0. The molecule has 3 nitrogen and oxygen atoms in total. The van der Waals surface area contributed by atoms with Gasteiger partial charge in [-0.1, -0.05) is 0 Å². The predicted molar refractivity (Wildman–Crippen MR) is 76.3 cm³/mol. The van der Waals surface area contributed by atoms with Gasteiger partial charge in [0.05, 0.1) is 18.8 Å². The molecule has 0 radical (unpaired) electrons. The first-order chi connectivity index (χ1) is 9.82. The van der Waals surface area contributed by atoms with Crippen molar-refractivity contribution in [1.82, 2.24) is 9.80 Å². The molecular weight excluding hydrogens is 281 g/mol. The van der Waals surface area contributed by atoms with Crippen LogP contribution in [0.15, 0.2) is 0 Å². The molecular formula is C15H27F3N2O. The molecule has 0 aromatic carbocycles. The van der Waals surface area contributed by atoms with Crippen molar-refractivity contribution in [3.8, 4) is 0 Å². The van der Waals surface area contributed by atoms with Crippen LogP contribution < -0.4 is 0 Å². The molecule has 2 aliphatic rings. The molecule has 2 fully saturated rings. The molecule has 0 aromatic rings. The molecule has 21 heavy (non-hydrogen) atoms. The van der Waals surface area contributed by atoms with Gasteiger partial charge in [-0.2, -0.15) is 13.2 Å². The van der Waals surface area contributed by atoms with Crippen molar-refractivity contribution in [2.75, 3.05) is 39.3 Å². The van der Waals surface area contributed by atoms with Crippen molar-refractivity contribution < 1.29 is 17.9 Å². The summed E-state index contributed by atoms with van der Waals surface area (Å²) in [7, 11) is 0. The van der Waals surface area contributed by atoms with Crippen LogP contribution in [0, 0.1) is 5.92 Å². The van der Waals surface area contributed by atoms with E-state index in [9.17, 15) is 13.2 Å². The van der Waals surface area contributed by atoms with Gasteiger partial charge in [-0.3, -0.25) is 9.80 Å². The minimum absolute atomic E-state index is 0.280. The van der Waals surface area contributed by atoms with E-state index >= 15 is 0 Å². The summed E-state index contributed by atoms with van der Waals surface area (Å²) in [5.41, 5.74) is 0. The van der Waals surface area contributed by atoms with E-state index in [1.807, 2.05) is 0 Å². The molecule has 0 saturated carbocycles. The first-order valence-electron chi connectivity index (χ1n) is 7.99. The Morgan fingerprint density at radius 3 is 2.10 bits per heavy atom. The van der Waals surface area contributed by atoms with E-state index in [4.69, 9.17) is 4.74 Å². The van der Waals surface area contributed by atoms with E-state index < -0.39 is 12.7 Å². The first-order valence-corrected chi connectivity index (χ1v) is 7.99. The van der Waals surface area contributed by atoms with E-state index in [-0.39, 0.29) is 12.2 Å². The number of rotatable bonds is 4. The SMILES string of the molecule is C[C@@H]1CN(CCC2CCN(CC(F)(F)F)CC2)C[C@@H](C)O1. The Hall–Kier alpha value is -0.330. The quantitative estimate of drug-likeness (QED) is 0.794. The van der Waals surface area contributed by atoms with Gasteiger partial charge >= 0.3 is 6.18 Å². The molecule has 0 N–H and O–H groups in total. The second-order valence-electron chi connectivity index (χ2n) is 6.64. The van der Waals surface area contributed by atoms with E-state index in [0.717, 1.165) is 38.9 Å². The van der Waals surface area contributed by atoms with Crippen molar-refractivity contribution in [3.63, 3.8) is 0 Å². The Kier molecular flexibility index (Phi) is 5.91. The molecule has 2 rings (SSSR count). The minimum Gasteiger partial charge on any atom is -0.373 e. The Bertz CT molecular complexity index is 307. The van der Waals surface area contributed by atoms with Gasteiger partial charge in [0.15, 0.2) is 0 Å². The molecule has 0 spiro atoms. The molecule has 2 aliphatic heterocycles. The van der Waals surface area contributed by atoms with Crippen LogP contribution >= 0.6 is 0 Å². The second kappa shape index (κ2) is 7.29. The van der Waals surface area contributed by atoms with Crippen LogP contribution in [0.3, 0.4) is 0 Å². The molecule has 0 bridgehead atoms. The third kappa shape index (κ3) is 6.12. The van der Waals surface area contributed by atoms with Crippen molar-refractivity contribution in [3.05, 3.63) is 0 Å². The lowest BCUT2D eigenvalue weighted by molar-refractivity contribution is -0.148. The van der Waals surface area contributed by atoms with Gasteiger partial charge in [0.25, 0.3) is 0 Å². The van der Waals surface area contributed by atoms with Crippen LogP contribution in [0.4, 0.5) is 13.2 Å². The lowest BCUT2D eigenvalue weighted by Crippen LogP contribution is -2.46. The third-order valence-corrected chi connectivity index (χ3v) is 4.46. The molecule has 0 amide bonds. The maximum Gasteiger partial charge on any atom is 0.401 e. The second-order valence-corrected chi connectivity index (χ2v) is 6.64. The number of nitrogens with zero attached hydrogens (tertiary/aromatic N) is 2. The largest absolute Gasteiger partial charge is 0.401 e. The van der Waals surface area contributed by atoms with Crippen LogP contribution in [0.25, 0.3) is 0 Å². The van der Waals surface area contributed by atoms with Gasteiger partial charge in [0, 0.05) is 13.1 Å². The lowest BCUT2D eigenvalue weighted by Gasteiger charge is -2.37. The summed E-state index contributed by atoms with van der Waals surface area (Å²) in [6, 6.07) is 0. The smallest absolute Gasteiger partial charge is 0.373 e. The Labute approximate surface area is 125 Å². The summed E-state index contributed by atoms with van der Waals surface area (Å²) in [5.74, 6) is 0.572. The van der Waals surface area contributed by atoms with E-state index in [1.54, 1.807) is 0 Å². The van der Waals surface area contributed by atoms with Crippen LogP contribution in [-0.4, -0.2) is 67.5 Å². The molecule has 124 valence electrons. The molecule has 6 heteroatoms. The molecule has 2 saturated heterocycles. The Morgan fingerprint density at radius 1 is 1.00 bits per heavy atom. The fourth-order valence-electron chi connectivity index (χ4n) is 3.52. The standard InChI is InChI=1S/C15H27F3N2O/c1-12-9-20(10-13(2)21-12)8-5-14-3-6-19(7-4-14)11-15(16,17)18/h12-14H,3-11H2,1-2H3/t12-,13-/m1/s1. The monoisotopic (exact) mass is 308 g/mol. The maximum atomic E-state index is 12.3. The van der Waals surface area contributed by atoms with Crippen LogP contribution in [0.2, 0.25) is 0 Å². The zero-order chi connectivity index (χ0) is 15.5. The van der Waals surface area contributed by atoms with Crippen LogP contribution in [0.1, 0.15) is 33.1 Å². The number of halogens is 3. The molecule has 2 heterocycles. The highest BCUT2D eigenvalue weighted by molar-refractivity contribution is 4.77. The highest BCUT2D eigenvalue weighted by atomic mass is 19.4. The molecule has 0 unspecified atom stereocenters. The molecule has 0 aromatic heterocycles. The lowest BCUT2D eigenvalue weighted by atomic mass is 9.93. The number of likely N-dealkylation sites (tertiary alicyclic amines) is 1. The summed E-state index contributed by atoms with van der Waals surface area (Å²) >= 11 is 0. The van der Waals surface area contributed by atoms with Crippen molar-refractivity contribution in [2.24, 2.45) is 5.92 Å². The maximum absolute atomic E-state index is 12.3. The predicted octanol–water partition coefficient (Wildman–Crippen LogP) is 2.76. The zero-order valence-electron chi connectivity index (χ0n) is 13.0. The first kappa shape index (κ1) is 17.0. The van der Waals surface area contributed by atoms with E-state index in [0.29, 0.717) is 19.0 Å². The minimum atomic E-state index is -4.06. The van der Waals surface area contributed by atoms with Crippen molar-refractivity contribution in [2.45, 2.75) is 51.5 Å². The summed E-state index contributed by atoms with van der Waals surface area (Å²) in [6.07, 6.45) is -0.617. The molecule has 0 aliphatic carbocycles. The fourth-order valence-corrected chi connectivity index (χ4v) is 3.52. The van der Waals surface area contributed by atoms with Gasteiger partial charge < -0.3 is 4.74 Å². The van der Waals surface area contributed by atoms with E-state index in [2.05, 4.69) is 18.7 Å². The number of ether oxygens (including phenoxy) is 1. The summed E-state index contributed by atoms with van der Waals surface area (Å²) < 4.78 is 42.7. The van der Waals surface area contributed by atoms with Crippen molar-refractivity contribution >= 4 is 0 Å². The number of hydrogen-bond donors (Lipinski definition) is 0. The number of alkyl halides is 3. The molecule has 2 atom stereocenters. The topological polar surface area (TPSA) is 15.7 Å². The van der Waals surface area contributed by atoms with Gasteiger partial charge in [-0.05, 0) is 58.7 Å². The number of hydrogen-bond acceptors (Lipinski definition) is 3. The van der Waals surface area contributed by atoms with Gasteiger partial charge in [-0.15, -0.1) is 0 Å². The van der Waals surface area contributed by atoms with Crippen LogP contribution in [0.5, 0.6) is 0 Å². The van der Waals surface area contributed by atoms with E-state index in [1.165, 1.54) is 4.90 Å². The Balaban J connectivity index is 1.65. The Morgan fingerprint density at radius 2 is 1.57 bits per heavy atom. The van der Waals surface area contributed by atoms with Gasteiger partial charge in [0.2, 0.25) is 0 Å². The summed E-state index contributed by atoms with van der Waals surface area (Å²) in [6.45, 7) is 7.59. The normalized spacial score (nSPS) is 30.7. The third-order valence-electron chi connectivity index (χ3n) is 4.46. The van der Waals surface area contributed by atoms with Crippen LogP contribution in [-0.2, 0) is 4.74 Å². The number of piperidine rings is 1. The summed E-state index contributed by atoms with van der Waals surface area (Å²) in [5, 5.41) is 0. The van der Waals surface area contributed by atoms with Crippen molar-refractivity contribution in [1.29, 1.82) is 0 Å². The fraction of sp³-hybridized carbons (Fsp3) is 1.00. The number of morpholine rings is 1. The van der Waals surface area contributed by atoms with Gasteiger partial charge in [-0.25, -0.2) is 0 Å². The highest BCUT2D eigenvalue weighted by Crippen LogP contribution is 2.25. The average Bonchev–Trinajstić information content (AvgIpc) is 2.35. The van der Waals surface area contributed by atoms with Gasteiger partial charge in [0.1, 0.15) is 0 Å².